The first-order valence-corrected chi connectivity index (χ1v) is 9.79. The van der Waals surface area contributed by atoms with Crippen LogP contribution >= 0.6 is 23.2 Å². The van der Waals surface area contributed by atoms with Crippen molar-refractivity contribution in [2.45, 2.75) is 13.0 Å². The van der Waals surface area contributed by atoms with Crippen molar-refractivity contribution in [3.8, 4) is 5.69 Å². The molecule has 1 fully saturated rings. The van der Waals surface area contributed by atoms with Gasteiger partial charge in [-0.2, -0.15) is 4.98 Å². The maximum atomic E-state index is 12.2. The van der Waals surface area contributed by atoms with Crippen LogP contribution in [-0.4, -0.2) is 50.6 Å². The minimum atomic E-state index is -0.147. The molecule has 1 unspecified atom stereocenters. The zero-order valence-corrected chi connectivity index (χ0v) is 17.4. The molecule has 1 aliphatic heterocycles. The molecule has 3 aromatic rings. The van der Waals surface area contributed by atoms with Gasteiger partial charge in [0.05, 0.1) is 28.1 Å². The van der Waals surface area contributed by atoms with E-state index in [1.165, 1.54) is 0 Å². The van der Waals surface area contributed by atoms with Gasteiger partial charge in [-0.3, -0.25) is 4.90 Å². The fourth-order valence-corrected chi connectivity index (χ4v) is 3.34. The van der Waals surface area contributed by atoms with Gasteiger partial charge in [0.1, 0.15) is 5.82 Å². The highest BCUT2D eigenvalue weighted by Gasteiger charge is 2.27. The number of carbonyl (C=O) groups is 1. The Hall–Kier alpha value is -2.84. The summed E-state index contributed by atoms with van der Waals surface area (Å²) in [5.74, 6) is 1.01. The molecule has 8 nitrogen and oxygen atoms in total. The van der Waals surface area contributed by atoms with Gasteiger partial charge in [-0.1, -0.05) is 23.2 Å². The SMILES string of the molecule is CC(Nc1nccc(N2CCN(C)C2=O)n1)c1cn(-c2ccc(Cl)c(Cl)c2)cn1. The highest BCUT2D eigenvalue weighted by molar-refractivity contribution is 6.42. The van der Waals surface area contributed by atoms with Crippen molar-refractivity contribution in [3.05, 3.63) is 58.7 Å². The summed E-state index contributed by atoms with van der Waals surface area (Å²) in [4.78, 5) is 28.7. The lowest BCUT2D eigenvalue weighted by atomic mass is 10.2. The maximum Gasteiger partial charge on any atom is 0.325 e. The van der Waals surface area contributed by atoms with Gasteiger partial charge >= 0.3 is 6.03 Å². The summed E-state index contributed by atoms with van der Waals surface area (Å²) in [6.07, 6.45) is 5.25. The first kappa shape index (κ1) is 19.5. The van der Waals surface area contributed by atoms with E-state index in [2.05, 4.69) is 20.3 Å². The van der Waals surface area contributed by atoms with Gasteiger partial charge in [-0.05, 0) is 31.2 Å². The minimum Gasteiger partial charge on any atom is -0.346 e. The number of urea groups is 1. The topological polar surface area (TPSA) is 79.2 Å². The van der Waals surface area contributed by atoms with E-state index in [0.717, 1.165) is 11.4 Å². The Morgan fingerprint density at radius 2 is 1.97 bits per heavy atom. The average Bonchev–Trinajstić information content (AvgIpc) is 3.32. The van der Waals surface area contributed by atoms with Gasteiger partial charge in [0.2, 0.25) is 5.95 Å². The number of hydrogen-bond acceptors (Lipinski definition) is 5. The minimum absolute atomic E-state index is 0.0666. The number of imidazole rings is 1. The highest BCUT2D eigenvalue weighted by Crippen LogP contribution is 2.25. The number of carbonyl (C=O) groups excluding carboxylic acids is 1. The molecule has 29 heavy (non-hydrogen) atoms. The third-order valence-electron chi connectivity index (χ3n) is 4.73. The second-order valence-electron chi connectivity index (χ2n) is 6.76. The standard InChI is InChI=1S/C19H19Cl2N7O/c1-12(16-10-27(11-23-16)13-3-4-14(20)15(21)9-13)24-18-22-6-5-17(25-18)28-8-7-26(2)19(28)29/h3-6,9-12H,7-8H2,1-2H3,(H,22,24,25). The quantitative estimate of drug-likeness (QED) is 0.659. The number of rotatable bonds is 5. The number of amides is 2. The Morgan fingerprint density at radius 1 is 1.14 bits per heavy atom. The molecule has 0 aliphatic carbocycles. The lowest BCUT2D eigenvalue weighted by Crippen LogP contribution is -2.30. The van der Waals surface area contributed by atoms with E-state index in [1.54, 1.807) is 47.6 Å². The Balaban J connectivity index is 1.49. The van der Waals surface area contributed by atoms with Crippen LogP contribution in [-0.2, 0) is 0 Å². The van der Waals surface area contributed by atoms with Crippen molar-refractivity contribution in [1.82, 2.24) is 24.4 Å². The summed E-state index contributed by atoms with van der Waals surface area (Å²) in [7, 11) is 1.77. The third-order valence-corrected chi connectivity index (χ3v) is 5.47. The molecule has 4 rings (SSSR count). The molecule has 1 aromatic carbocycles. The molecule has 3 heterocycles. The lowest BCUT2D eigenvalue weighted by Gasteiger charge is -2.17. The fourth-order valence-electron chi connectivity index (χ4n) is 3.05. The van der Waals surface area contributed by atoms with Crippen molar-refractivity contribution in [1.29, 1.82) is 0 Å². The van der Waals surface area contributed by atoms with Gasteiger partial charge in [-0.25, -0.2) is 14.8 Å². The van der Waals surface area contributed by atoms with Gasteiger partial charge in [0, 0.05) is 38.2 Å². The average molecular weight is 432 g/mol. The molecular weight excluding hydrogens is 413 g/mol. The van der Waals surface area contributed by atoms with Crippen LogP contribution < -0.4 is 10.2 Å². The van der Waals surface area contributed by atoms with Gasteiger partial charge < -0.3 is 14.8 Å². The van der Waals surface area contributed by atoms with E-state index < -0.39 is 0 Å². The smallest absolute Gasteiger partial charge is 0.325 e. The Labute approximate surface area is 178 Å². The lowest BCUT2D eigenvalue weighted by molar-refractivity contribution is 0.229. The Kier molecular flexibility index (Phi) is 5.29. The zero-order valence-electron chi connectivity index (χ0n) is 15.9. The molecule has 2 aromatic heterocycles. The molecule has 0 spiro atoms. The molecule has 10 heteroatoms. The van der Waals surface area contributed by atoms with E-state index >= 15 is 0 Å². The van der Waals surface area contributed by atoms with Crippen LogP contribution in [0, 0.1) is 0 Å². The number of nitrogens with one attached hydrogen (secondary N) is 1. The van der Waals surface area contributed by atoms with Crippen molar-refractivity contribution >= 4 is 41.0 Å². The van der Waals surface area contributed by atoms with Crippen molar-refractivity contribution in [2.24, 2.45) is 0 Å². The van der Waals surface area contributed by atoms with Crippen LogP contribution in [0.1, 0.15) is 18.7 Å². The second kappa shape index (κ2) is 7.88. The monoisotopic (exact) mass is 431 g/mol. The summed E-state index contributed by atoms with van der Waals surface area (Å²) in [6, 6.07) is 6.91. The molecule has 2 amide bonds. The van der Waals surface area contributed by atoms with Crippen LogP contribution in [0.5, 0.6) is 0 Å². The molecule has 1 atom stereocenters. The Morgan fingerprint density at radius 3 is 2.69 bits per heavy atom. The third kappa shape index (κ3) is 3.99. The summed E-state index contributed by atoms with van der Waals surface area (Å²) in [5, 5.41) is 4.23. The van der Waals surface area contributed by atoms with Crippen LogP contribution in [0.25, 0.3) is 5.69 Å². The van der Waals surface area contributed by atoms with Crippen LogP contribution in [0.15, 0.2) is 43.0 Å². The summed E-state index contributed by atoms with van der Waals surface area (Å²) < 4.78 is 1.87. The highest BCUT2D eigenvalue weighted by atomic mass is 35.5. The number of benzene rings is 1. The zero-order chi connectivity index (χ0) is 20.5. The predicted molar refractivity (Wildman–Crippen MR) is 113 cm³/mol. The molecule has 0 saturated carbocycles. The molecular formula is C19H19Cl2N7O. The number of hydrogen-bond donors (Lipinski definition) is 1. The second-order valence-corrected chi connectivity index (χ2v) is 7.58. The van der Waals surface area contributed by atoms with E-state index in [0.29, 0.717) is 34.9 Å². The van der Waals surface area contributed by atoms with E-state index in [1.807, 2.05) is 23.8 Å². The molecule has 0 bridgehead atoms. The molecule has 150 valence electrons. The molecule has 1 N–H and O–H groups in total. The molecule has 1 aliphatic rings. The summed E-state index contributed by atoms with van der Waals surface area (Å²) >= 11 is 12.1. The number of anilines is 2. The maximum absolute atomic E-state index is 12.2. The number of likely N-dealkylation sites (N-methyl/N-ethyl adjacent to an activating group) is 1. The van der Waals surface area contributed by atoms with Crippen molar-refractivity contribution in [2.75, 3.05) is 30.4 Å². The van der Waals surface area contributed by atoms with Gasteiger partial charge in [-0.15, -0.1) is 0 Å². The van der Waals surface area contributed by atoms with Crippen molar-refractivity contribution in [3.63, 3.8) is 0 Å². The molecule has 0 radical (unpaired) electrons. The number of halogens is 2. The largest absolute Gasteiger partial charge is 0.346 e. The predicted octanol–water partition coefficient (Wildman–Crippen LogP) is 4.01. The fraction of sp³-hybridized carbons (Fsp3) is 0.263. The number of nitrogens with zero attached hydrogens (tertiary/aromatic N) is 6. The van der Waals surface area contributed by atoms with E-state index in [-0.39, 0.29) is 12.1 Å². The van der Waals surface area contributed by atoms with E-state index in [4.69, 9.17) is 23.2 Å². The first-order valence-electron chi connectivity index (χ1n) is 9.04. The van der Waals surface area contributed by atoms with Crippen LogP contribution in [0.4, 0.5) is 16.6 Å². The number of aromatic nitrogens is 4. The summed E-state index contributed by atoms with van der Waals surface area (Å²) in [6.45, 7) is 3.25. The first-order chi connectivity index (χ1) is 13.9. The Bertz CT molecular complexity index is 1050. The van der Waals surface area contributed by atoms with E-state index in [9.17, 15) is 4.79 Å². The van der Waals surface area contributed by atoms with Gasteiger partial charge in [0.15, 0.2) is 0 Å². The molecule has 1 saturated heterocycles. The van der Waals surface area contributed by atoms with Gasteiger partial charge in [0.25, 0.3) is 0 Å². The van der Waals surface area contributed by atoms with Crippen LogP contribution in [0.2, 0.25) is 10.0 Å². The van der Waals surface area contributed by atoms with Crippen molar-refractivity contribution < 1.29 is 4.79 Å². The van der Waals surface area contributed by atoms with Crippen LogP contribution in [0.3, 0.4) is 0 Å². The summed E-state index contributed by atoms with van der Waals surface area (Å²) in [5.41, 5.74) is 1.67. The normalized spacial score (nSPS) is 15.1.